The summed E-state index contributed by atoms with van der Waals surface area (Å²) in [6.07, 6.45) is 5.67. The van der Waals surface area contributed by atoms with E-state index in [1.54, 1.807) is 6.07 Å². The van der Waals surface area contributed by atoms with Gasteiger partial charge in [-0.3, -0.25) is 9.59 Å². The van der Waals surface area contributed by atoms with E-state index in [0.29, 0.717) is 45.0 Å². The van der Waals surface area contributed by atoms with E-state index in [-0.39, 0.29) is 17.7 Å². The van der Waals surface area contributed by atoms with Crippen LogP contribution in [0.3, 0.4) is 0 Å². The van der Waals surface area contributed by atoms with Gasteiger partial charge in [0.05, 0.1) is 18.6 Å². The van der Waals surface area contributed by atoms with Crippen molar-refractivity contribution in [1.29, 1.82) is 0 Å². The first-order valence-corrected chi connectivity index (χ1v) is 12.3. The predicted octanol–water partition coefficient (Wildman–Crippen LogP) is 3.09. The number of ether oxygens (including phenoxy) is 3. The Bertz CT molecular complexity index is 963. The minimum atomic E-state index is -0.693. The lowest BCUT2D eigenvalue weighted by Crippen LogP contribution is -2.55. The summed E-state index contributed by atoms with van der Waals surface area (Å²) in [5.74, 6) is -0.234. The van der Waals surface area contributed by atoms with Crippen molar-refractivity contribution in [2.75, 3.05) is 37.1 Å². The molecule has 0 radical (unpaired) electrons. The van der Waals surface area contributed by atoms with Crippen molar-refractivity contribution in [1.82, 2.24) is 5.32 Å². The molecule has 1 aromatic rings. The van der Waals surface area contributed by atoms with E-state index in [1.807, 2.05) is 19.1 Å². The fourth-order valence-electron chi connectivity index (χ4n) is 5.64. The number of alkyl carbamates (subject to hydrolysis) is 1. The van der Waals surface area contributed by atoms with E-state index in [9.17, 15) is 14.4 Å². The summed E-state index contributed by atoms with van der Waals surface area (Å²) in [7, 11) is 0. The quantitative estimate of drug-likeness (QED) is 0.608. The summed E-state index contributed by atoms with van der Waals surface area (Å²) in [6, 6.07) is 4.86. The number of hydrogen-bond donors (Lipinski definition) is 3. The molecule has 3 N–H and O–H groups in total. The first-order valence-electron chi connectivity index (χ1n) is 12.3. The van der Waals surface area contributed by atoms with Gasteiger partial charge in [-0.2, -0.15) is 0 Å². The van der Waals surface area contributed by atoms with Crippen LogP contribution in [0.25, 0.3) is 0 Å². The fourth-order valence-corrected chi connectivity index (χ4v) is 5.64. The van der Waals surface area contributed by atoms with Crippen LogP contribution in [0.2, 0.25) is 0 Å². The van der Waals surface area contributed by atoms with Gasteiger partial charge < -0.3 is 30.2 Å². The molecule has 2 saturated heterocycles. The van der Waals surface area contributed by atoms with Crippen LogP contribution in [0.4, 0.5) is 16.2 Å². The van der Waals surface area contributed by atoms with Gasteiger partial charge in [-0.25, -0.2) is 4.79 Å². The van der Waals surface area contributed by atoms with Crippen molar-refractivity contribution in [2.45, 2.75) is 68.9 Å². The van der Waals surface area contributed by atoms with Gasteiger partial charge >= 0.3 is 6.09 Å². The largest absolute Gasteiger partial charge is 0.438 e. The number of hydrogen-bond acceptors (Lipinski definition) is 6. The maximum absolute atomic E-state index is 13.3. The Morgan fingerprint density at radius 2 is 1.85 bits per heavy atom. The van der Waals surface area contributed by atoms with Gasteiger partial charge in [-0.15, -0.1) is 0 Å². The normalized spacial score (nSPS) is 23.9. The van der Waals surface area contributed by atoms with E-state index in [1.165, 1.54) is 0 Å². The van der Waals surface area contributed by atoms with Gasteiger partial charge in [0.2, 0.25) is 11.8 Å². The molecule has 1 aliphatic carbocycles. The highest BCUT2D eigenvalue weighted by Gasteiger charge is 2.47. The molecule has 3 amide bonds. The number of nitrogens with one attached hydrogen (secondary N) is 3. The molecule has 3 heterocycles. The lowest BCUT2D eigenvalue weighted by Gasteiger charge is -2.38. The zero-order valence-corrected chi connectivity index (χ0v) is 19.6. The SMILES string of the molecule is CC1(OC(=O)N[C@H](C(=O)Nc2ccc3c(c2)NC(=O)C32CCOCC2)C2CCCCC2)COC1. The van der Waals surface area contributed by atoms with Crippen LogP contribution >= 0.6 is 0 Å². The van der Waals surface area contributed by atoms with Crippen molar-refractivity contribution < 1.29 is 28.6 Å². The molecule has 3 aliphatic heterocycles. The van der Waals surface area contributed by atoms with E-state index < -0.39 is 23.2 Å². The molecule has 184 valence electrons. The Kier molecular flexibility index (Phi) is 6.24. The summed E-state index contributed by atoms with van der Waals surface area (Å²) in [5, 5.41) is 8.77. The molecule has 1 spiro atoms. The Hall–Kier alpha value is -2.65. The highest BCUT2D eigenvalue weighted by atomic mass is 16.6. The maximum Gasteiger partial charge on any atom is 0.408 e. The molecule has 0 unspecified atom stereocenters. The molecule has 5 rings (SSSR count). The van der Waals surface area contributed by atoms with E-state index in [0.717, 1.165) is 43.4 Å². The smallest absolute Gasteiger partial charge is 0.408 e. The Morgan fingerprint density at radius 1 is 1.12 bits per heavy atom. The summed E-state index contributed by atoms with van der Waals surface area (Å²) in [4.78, 5) is 38.7. The molecule has 9 nitrogen and oxygen atoms in total. The molecule has 0 bridgehead atoms. The third kappa shape index (κ3) is 4.38. The molecule has 1 atom stereocenters. The van der Waals surface area contributed by atoms with Gasteiger partial charge in [0.15, 0.2) is 5.60 Å². The summed E-state index contributed by atoms with van der Waals surface area (Å²) < 4.78 is 16.1. The Morgan fingerprint density at radius 3 is 2.53 bits per heavy atom. The number of benzene rings is 1. The minimum Gasteiger partial charge on any atom is -0.438 e. The topological polar surface area (TPSA) is 115 Å². The lowest BCUT2D eigenvalue weighted by atomic mass is 9.75. The van der Waals surface area contributed by atoms with Crippen molar-refractivity contribution >= 4 is 29.3 Å². The molecule has 34 heavy (non-hydrogen) atoms. The van der Waals surface area contributed by atoms with Crippen LogP contribution in [0.5, 0.6) is 0 Å². The van der Waals surface area contributed by atoms with Crippen LogP contribution in [-0.2, 0) is 29.2 Å². The third-order valence-electron chi connectivity index (χ3n) is 7.66. The van der Waals surface area contributed by atoms with Crippen LogP contribution < -0.4 is 16.0 Å². The van der Waals surface area contributed by atoms with Crippen LogP contribution in [-0.4, -0.2) is 56.0 Å². The van der Waals surface area contributed by atoms with Gasteiger partial charge in [0, 0.05) is 24.6 Å². The highest BCUT2D eigenvalue weighted by Crippen LogP contribution is 2.45. The zero-order chi connectivity index (χ0) is 23.8. The second-order valence-electron chi connectivity index (χ2n) is 10.3. The van der Waals surface area contributed by atoms with E-state index >= 15 is 0 Å². The van der Waals surface area contributed by atoms with Crippen LogP contribution in [0, 0.1) is 5.92 Å². The average Bonchev–Trinajstić information content (AvgIpc) is 3.07. The van der Waals surface area contributed by atoms with Gasteiger partial charge in [-0.1, -0.05) is 25.3 Å². The molecular weight excluding hydrogens is 438 g/mol. The van der Waals surface area contributed by atoms with Gasteiger partial charge in [-0.05, 0) is 56.2 Å². The molecule has 1 saturated carbocycles. The molecule has 4 aliphatic rings. The molecule has 0 aromatic heterocycles. The Labute approximate surface area is 199 Å². The molecular formula is C25H33N3O6. The van der Waals surface area contributed by atoms with Crippen molar-refractivity contribution in [3.8, 4) is 0 Å². The summed E-state index contributed by atoms with van der Waals surface area (Å²) in [5.41, 5.74) is 1.08. The minimum absolute atomic E-state index is 0.00719. The zero-order valence-electron chi connectivity index (χ0n) is 19.6. The Balaban J connectivity index is 1.30. The fraction of sp³-hybridized carbons (Fsp3) is 0.640. The average molecular weight is 472 g/mol. The first kappa shape index (κ1) is 23.1. The standard InChI is InChI=1S/C25H33N3O6/c1-24(14-33-15-24)34-23(31)28-20(16-5-3-2-4-6-16)21(29)26-17-7-8-18-19(13-17)27-22(30)25(18)9-11-32-12-10-25/h7-8,13,16,20H,2-6,9-12,14-15H2,1H3,(H,26,29)(H,27,30)(H,28,31)/t20-/m0/s1. The molecule has 3 fully saturated rings. The monoisotopic (exact) mass is 471 g/mol. The predicted molar refractivity (Wildman–Crippen MR) is 125 cm³/mol. The lowest BCUT2D eigenvalue weighted by molar-refractivity contribution is -0.167. The van der Waals surface area contributed by atoms with E-state index in [4.69, 9.17) is 14.2 Å². The number of anilines is 2. The number of carbonyl (C=O) groups is 3. The molecule has 1 aromatic carbocycles. The van der Waals surface area contributed by atoms with E-state index in [2.05, 4.69) is 16.0 Å². The van der Waals surface area contributed by atoms with Crippen molar-refractivity contribution in [3.05, 3.63) is 23.8 Å². The van der Waals surface area contributed by atoms with Gasteiger partial charge in [0.25, 0.3) is 0 Å². The summed E-state index contributed by atoms with van der Waals surface area (Å²) >= 11 is 0. The van der Waals surface area contributed by atoms with Crippen LogP contribution in [0.1, 0.15) is 57.4 Å². The number of fused-ring (bicyclic) bond motifs is 2. The second kappa shape index (κ2) is 9.19. The highest BCUT2D eigenvalue weighted by molar-refractivity contribution is 6.07. The maximum atomic E-state index is 13.3. The second-order valence-corrected chi connectivity index (χ2v) is 10.3. The van der Waals surface area contributed by atoms with Crippen LogP contribution in [0.15, 0.2) is 18.2 Å². The number of rotatable bonds is 5. The molecule has 9 heteroatoms. The number of carbonyl (C=O) groups excluding carboxylic acids is 3. The first-order chi connectivity index (χ1) is 16.4. The third-order valence-corrected chi connectivity index (χ3v) is 7.66. The summed E-state index contributed by atoms with van der Waals surface area (Å²) in [6.45, 7) is 3.64. The number of amides is 3. The van der Waals surface area contributed by atoms with Gasteiger partial charge in [0.1, 0.15) is 6.04 Å². The van der Waals surface area contributed by atoms with Crippen molar-refractivity contribution in [3.63, 3.8) is 0 Å². The van der Waals surface area contributed by atoms with Crippen molar-refractivity contribution in [2.24, 2.45) is 5.92 Å².